The number of benzene rings is 1. The van der Waals surface area contributed by atoms with Crippen LogP contribution in [0, 0.1) is 0 Å². The summed E-state index contributed by atoms with van der Waals surface area (Å²) in [6.45, 7) is 4.35. The van der Waals surface area contributed by atoms with Gasteiger partial charge in [-0.15, -0.1) is 0 Å². The first-order valence-corrected chi connectivity index (χ1v) is 6.78. The first kappa shape index (κ1) is 12.2. The van der Waals surface area contributed by atoms with Crippen molar-refractivity contribution in [2.75, 3.05) is 0 Å². The lowest BCUT2D eigenvalue weighted by molar-refractivity contribution is 0.811. The Morgan fingerprint density at radius 1 is 1.05 bits per heavy atom. The van der Waals surface area contributed by atoms with Crippen molar-refractivity contribution in [2.24, 2.45) is 0 Å². The van der Waals surface area contributed by atoms with Crippen molar-refractivity contribution in [3.05, 3.63) is 59.4 Å². The number of hydrogen-bond acceptors (Lipinski definition) is 1. The molecule has 0 unspecified atom stereocenters. The molecule has 1 aromatic carbocycles. The third-order valence-corrected chi connectivity index (χ3v) is 3.53. The van der Waals surface area contributed by atoms with Crippen LogP contribution >= 0.6 is 11.6 Å². The van der Waals surface area contributed by atoms with Gasteiger partial charge in [0.05, 0.1) is 16.4 Å². The summed E-state index contributed by atoms with van der Waals surface area (Å²) < 4.78 is 2.09. The van der Waals surface area contributed by atoms with E-state index in [1.54, 1.807) is 0 Å². The van der Waals surface area contributed by atoms with Gasteiger partial charge in [-0.2, -0.15) is 0 Å². The Morgan fingerprint density at radius 2 is 1.79 bits per heavy atom. The zero-order valence-electron chi connectivity index (χ0n) is 11.0. The number of fused-ring (bicyclic) bond motifs is 1. The Hall–Kier alpha value is -1.80. The minimum Gasteiger partial charge on any atom is -0.302 e. The van der Waals surface area contributed by atoms with Gasteiger partial charge >= 0.3 is 0 Å². The molecule has 0 amide bonds. The van der Waals surface area contributed by atoms with Crippen molar-refractivity contribution in [3.8, 4) is 11.3 Å². The normalized spacial score (nSPS) is 11.4. The van der Waals surface area contributed by atoms with E-state index in [1.807, 2.05) is 36.5 Å². The van der Waals surface area contributed by atoms with Crippen LogP contribution in [0.1, 0.15) is 25.5 Å². The summed E-state index contributed by atoms with van der Waals surface area (Å²) in [5, 5.41) is 0.687. The van der Waals surface area contributed by atoms with E-state index in [4.69, 9.17) is 16.6 Å². The van der Waals surface area contributed by atoms with E-state index >= 15 is 0 Å². The molecular formula is C16H15ClN2. The van der Waals surface area contributed by atoms with E-state index in [2.05, 4.69) is 30.4 Å². The predicted octanol–water partition coefficient (Wildman–Crippen LogP) is 4.78. The molecule has 0 N–H and O–H groups in total. The zero-order valence-corrected chi connectivity index (χ0v) is 11.7. The highest BCUT2D eigenvalue weighted by Gasteiger charge is 2.17. The van der Waals surface area contributed by atoms with Gasteiger partial charge in [0, 0.05) is 11.8 Å². The van der Waals surface area contributed by atoms with Crippen LogP contribution in [-0.2, 0) is 0 Å². The molecule has 2 nitrogen and oxygen atoms in total. The first-order chi connectivity index (χ1) is 9.18. The highest BCUT2D eigenvalue weighted by Crippen LogP contribution is 2.31. The van der Waals surface area contributed by atoms with Gasteiger partial charge in [-0.25, -0.2) is 4.98 Å². The summed E-state index contributed by atoms with van der Waals surface area (Å²) >= 11 is 6.25. The molecule has 0 aliphatic heterocycles. The maximum absolute atomic E-state index is 6.25. The fourth-order valence-electron chi connectivity index (χ4n) is 2.41. The quantitative estimate of drug-likeness (QED) is 0.655. The monoisotopic (exact) mass is 270 g/mol. The van der Waals surface area contributed by atoms with Crippen molar-refractivity contribution in [1.82, 2.24) is 9.38 Å². The third kappa shape index (κ3) is 2.02. The fourth-order valence-corrected chi connectivity index (χ4v) is 2.62. The summed E-state index contributed by atoms with van der Waals surface area (Å²) in [6.07, 6.45) is 2.02. The summed E-state index contributed by atoms with van der Waals surface area (Å²) in [5.74, 6) is 0.378. The fraction of sp³-hybridized carbons (Fsp3) is 0.188. The smallest absolute Gasteiger partial charge is 0.156 e. The van der Waals surface area contributed by atoms with Gasteiger partial charge in [0.2, 0.25) is 0 Å². The summed E-state index contributed by atoms with van der Waals surface area (Å²) in [7, 11) is 0. The van der Waals surface area contributed by atoms with Crippen LogP contribution in [0.4, 0.5) is 0 Å². The molecule has 3 heteroatoms. The molecule has 0 spiro atoms. The molecule has 0 saturated heterocycles. The third-order valence-electron chi connectivity index (χ3n) is 3.23. The van der Waals surface area contributed by atoms with Gasteiger partial charge in [-0.05, 0) is 18.1 Å². The van der Waals surface area contributed by atoms with Crippen LogP contribution in [0.5, 0.6) is 0 Å². The van der Waals surface area contributed by atoms with Gasteiger partial charge < -0.3 is 4.40 Å². The van der Waals surface area contributed by atoms with E-state index in [-0.39, 0.29) is 0 Å². The zero-order chi connectivity index (χ0) is 13.4. The Bertz CT molecular complexity index is 714. The van der Waals surface area contributed by atoms with Crippen LogP contribution in [0.2, 0.25) is 5.02 Å². The van der Waals surface area contributed by atoms with E-state index in [0.29, 0.717) is 10.9 Å². The topological polar surface area (TPSA) is 17.3 Å². The number of rotatable bonds is 2. The van der Waals surface area contributed by atoms with Crippen LogP contribution in [0.25, 0.3) is 16.9 Å². The maximum Gasteiger partial charge on any atom is 0.156 e. The average molecular weight is 271 g/mol. The minimum atomic E-state index is 0.378. The van der Waals surface area contributed by atoms with Crippen molar-refractivity contribution in [3.63, 3.8) is 0 Å². The highest BCUT2D eigenvalue weighted by atomic mass is 35.5. The van der Waals surface area contributed by atoms with Crippen LogP contribution in [-0.4, -0.2) is 9.38 Å². The van der Waals surface area contributed by atoms with E-state index in [0.717, 1.165) is 16.9 Å². The SMILES string of the molecule is CC(C)c1c(-c2ccccc2)nc2c(Cl)cccn12. The number of hydrogen-bond donors (Lipinski definition) is 0. The second kappa shape index (κ2) is 4.71. The van der Waals surface area contributed by atoms with E-state index in [9.17, 15) is 0 Å². The van der Waals surface area contributed by atoms with Crippen molar-refractivity contribution < 1.29 is 0 Å². The molecule has 0 bridgehead atoms. The molecular weight excluding hydrogens is 256 g/mol. The lowest BCUT2D eigenvalue weighted by atomic mass is 10.0. The van der Waals surface area contributed by atoms with Gasteiger partial charge in [0.1, 0.15) is 0 Å². The molecule has 3 rings (SSSR count). The van der Waals surface area contributed by atoms with Crippen LogP contribution in [0.3, 0.4) is 0 Å². The molecule has 0 aliphatic carbocycles. The summed E-state index contributed by atoms with van der Waals surface area (Å²) in [6, 6.07) is 14.1. The van der Waals surface area contributed by atoms with Gasteiger partial charge in [-0.1, -0.05) is 55.8 Å². The van der Waals surface area contributed by atoms with E-state index in [1.165, 1.54) is 5.69 Å². The Labute approximate surface area is 117 Å². The summed E-state index contributed by atoms with van der Waals surface area (Å²) in [4.78, 5) is 4.73. The molecule has 19 heavy (non-hydrogen) atoms. The number of imidazole rings is 1. The molecule has 0 atom stereocenters. The van der Waals surface area contributed by atoms with Crippen molar-refractivity contribution in [2.45, 2.75) is 19.8 Å². The second-order valence-corrected chi connectivity index (χ2v) is 5.32. The molecule has 0 saturated carbocycles. The van der Waals surface area contributed by atoms with E-state index < -0.39 is 0 Å². The molecule has 96 valence electrons. The summed E-state index contributed by atoms with van der Waals surface area (Å²) in [5.41, 5.74) is 4.17. The lowest BCUT2D eigenvalue weighted by Gasteiger charge is -2.08. The number of halogens is 1. The molecule has 2 aromatic heterocycles. The molecule has 3 aromatic rings. The van der Waals surface area contributed by atoms with Crippen LogP contribution < -0.4 is 0 Å². The number of nitrogens with zero attached hydrogens (tertiary/aromatic N) is 2. The Balaban J connectivity index is 2.36. The Morgan fingerprint density at radius 3 is 2.47 bits per heavy atom. The molecule has 0 radical (unpaired) electrons. The lowest BCUT2D eigenvalue weighted by Crippen LogP contribution is -1.96. The molecule has 0 fully saturated rings. The van der Waals surface area contributed by atoms with Crippen molar-refractivity contribution >= 4 is 17.2 Å². The second-order valence-electron chi connectivity index (χ2n) is 4.92. The van der Waals surface area contributed by atoms with Crippen LogP contribution in [0.15, 0.2) is 48.7 Å². The first-order valence-electron chi connectivity index (χ1n) is 6.40. The molecule has 2 heterocycles. The average Bonchev–Trinajstić information content (AvgIpc) is 2.81. The van der Waals surface area contributed by atoms with Gasteiger partial charge in [0.15, 0.2) is 5.65 Å². The number of pyridine rings is 1. The standard InChI is InChI=1S/C16H15ClN2/c1-11(2)15-14(12-7-4-3-5-8-12)18-16-13(17)9-6-10-19(15)16/h3-11H,1-2H3. The van der Waals surface area contributed by atoms with Gasteiger partial charge in [-0.3, -0.25) is 0 Å². The maximum atomic E-state index is 6.25. The largest absolute Gasteiger partial charge is 0.302 e. The van der Waals surface area contributed by atoms with Crippen molar-refractivity contribution in [1.29, 1.82) is 0 Å². The molecule has 0 aliphatic rings. The predicted molar refractivity (Wildman–Crippen MR) is 79.7 cm³/mol. The highest BCUT2D eigenvalue weighted by molar-refractivity contribution is 6.33. The minimum absolute atomic E-state index is 0.378. The number of aromatic nitrogens is 2. The Kier molecular flexibility index (Phi) is 3.03. The van der Waals surface area contributed by atoms with Gasteiger partial charge in [0.25, 0.3) is 0 Å².